The largest absolute Gasteiger partial charge is 0.389 e. The highest BCUT2D eigenvalue weighted by molar-refractivity contribution is 5.51. The number of rotatable bonds is 5. The number of nitrogens with two attached hydrogens (primary N) is 1. The molecule has 0 heterocycles. The minimum absolute atomic E-state index is 0.573. The standard InChI is InChI=1S/C14H24N2O/c1-5-16(10-14(3,4)17)13-7-6-12(9-15)11(2)8-13/h6-8,17H,5,9-10,15H2,1-4H3. The fourth-order valence-corrected chi connectivity index (χ4v) is 1.96. The molecule has 0 amide bonds. The van der Waals surface area contributed by atoms with Crippen LogP contribution in [0, 0.1) is 6.92 Å². The highest BCUT2D eigenvalue weighted by atomic mass is 16.3. The Kier molecular flexibility index (Phi) is 4.54. The average molecular weight is 236 g/mol. The van der Waals surface area contributed by atoms with Crippen molar-refractivity contribution in [2.75, 3.05) is 18.0 Å². The third kappa shape index (κ3) is 4.02. The molecule has 0 saturated heterocycles. The molecule has 0 atom stereocenters. The highest BCUT2D eigenvalue weighted by Crippen LogP contribution is 2.20. The number of aliphatic hydroxyl groups is 1. The first-order chi connectivity index (χ1) is 7.87. The van der Waals surface area contributed by atoms with Crippen LogP contribution >= 0.6 is 0 Å². The van der Waals surface area contributed by atoms with Gasteiger partial charge in [-0.15, -0.1) is 0 Å². The predicted molar refractivity (Wildman–Crippen MR) is 73.3 cm³/mol. The van der Waals surface area contributed by atoms with Gasteiger partial charge in [-0.1, -0.05) is 6.07 Å². The summed E-state index contributed by atoms with van der Waals surface area (Å²) in [6.45, 7) is 9.91. The molecule has 0 bridgehead atoms. The second kappa shape index (κ2) is 5.52. The highest BCUT2D eigenvalue weighted by Gasteiger charge is 2.17. The molecule has 0 saturated carbocycles. The SMILES string of the molecule is CCN(CC(C)(C)O)c1ccc(CN)c(C)c1. The molecule has 0 radical (unpaired) electrons. The Labute approximate surface area is 104 Å². The molecule has 0 aliphatic carbocycles. The fraction of sp³-hybridized carbons (Fsp3) is 0.571. The first kappa shape index (κ1) is 14.0. The number of nitrogens with zero attached hydrogens (tertiary/aromatic N) is 1. The summed E-state index contributed by atoms with van der Waals surface area (Å²) in [6.07, 6.45) is 0. The van der Waals surface area contributed by atoms with Crippen molar-refractivity contribution in [3.8, 4) is 0 Å². The van der Waals surface area contributed by atoms with Gasteiger partial charge in [0, 0.05) is 25.3 Å². The summed E-state index contributed by atoms with van der Waals surface area (Å²) in [7, 11) is 0. The number of benzene rings is 1. The second-order valence-corrected chi connectivity index (χ2v) is 5.14. The minimum atomic E-state index is -0.684. The van der Waals surface area contributed by atoms with Crippen molar-refractivity contribution in [3.63, 3.8) is 0 Å². The average Bonchev–Trinajstić information content (AvgIpc) is 2.24. The number of anilines is 1. The lowest BCUT2D eigenvalue weighted by atomic mass is 10.1. The van der Waals surface area contributed by atoms with Gasteiger partial charge in [0.05, 0.1) is 5.60 Å². The van der Waals surface area contributed by atoms with Crippen molar-refractivity contribution in [2.45, 2.75) is 39.8 Å². The minimum Gasteiger partial charge on any atom is -0.389 e. The summed E-state index contributed by atoms with van der Waals surface area (Å²) in [5.41, 5.74) is 8.50. The number of aryl methyl sites for hydroxylation is 1. The lowest BCUT2D eigenvalue weighted by Crippen LogP contribution is -2.38. The summed E-state index contributed by atoms with van der Waals surface area (Å²) in [5.74, 6) is 0. The monoisotopic (exact) mass is 236 g/mol. The summed E-state index contributed by atoms with van der Waals surface area (Å²) >= 11 is 0. The molecule has 0 aliphatic rings. The first-order valence-electron chi connectivity index (χ1n) is 6.14. The van der Waals surface area contributed by atoms with Crippen LogP contribution in [-0.4, -0.2) is 23.8 Å². The lowest BCUT2D eigenvalue weighted by Gasteiger charge is -2.30. The summed E-state index contributed by atoms with van der Waals surface area (Å²) in [6, 6.07) is 6.28. The van der Waals surface area contributed by atoms with E-state index in [0.717, 1.165) is 12.2 Å². The van der Waals surface area contributed by atoms with Gasteiger partial charge in [0.1, 0.15) is 0 Å². The van der Waals surface area contributed by atoms with Crippen LogP contribution in [-0.2, 0) is 6.54 Å². The van der Waals surface area contributed by atoms with E-state index in [9.17, 15) is 5.11 Å². The zero-order valence-electron chi connectivity index (χ0n) is 11.3. The Balaban J connectivity index is 2.93. The van der Waals surface area contributed by atoms with Gasteiger partial charge in [-0.2, -0.15) is 0 Å². The maximum absolute atomic E-state index is 9.89. The Hall–Kier alpha value is -1.06. The molecule has 1 aromatic rings. The van der Waals surface area contributed by atoms with E-state index in [2.05, 4.69) is 36.9 Å². The molecule has 0 aliphatic heterocycles. The normalized spacial score (nSPS) is 11.6. The van der Waals surface area contributed by atoms with Crippen molar-refractivity contribution in [3.05, 3.63) is 29.3 Å². The van der Waals surface area contributed by atoms with Crippen LogP contribution in [0.1, 0.15) is 31.9 Å². The van der Waals surface area contributed by atoms with Crippen LogP contribution in [0.25, 0.3) is 0 Å². The molecule has 1 rings (SSSR count). The molecule has 17 heavy (non-hydrogen) atoms. The fourth-order valence-electron chi connectivity index (χ4n) is 1.96. The topological polar surface area (TPSA) is 49.5 Å². The van der Waals surface area contributed by atoms with E-state index >= 15 is 0 Å². The number of likely N-dealkylation sites (N-methyl/N-ethyl adjacent to an activating group) is 1. The molecule has 0 aromatic heterocycles. The van der Waals surface area contributed by atoms with Gasteiger partial charge in [0.15, 0.2) is 0 Å². The lowest BCUT2D eigenvalue weighted by molar-refractivity contribution is 0.0876. The third-order valence-corrected chi connectivity index (χ3v) is 2.87. The number of hydrogen-bond donors (Lipinski definition) is 2. The van der Waals surface area contributed by atoms with Crippen molar-refractivity contribution in [1.82, 2.24) is 0 Å². The Morgan fingerprint density at radius 3 is 2.41 bits per heavy atom. The Morgan fingerprint density at radius 1 is 1.35 bits per heavy atom. The molecule has 3 N–H and O–H groups in total. The van der Waals surface area contributed by atoms with E-state index in [4.69, 9.17) is 5.73 Å². The van der Waals surface area contributed by atoms with Crippen LogP contribution in [0.15, 0.2) is 18.2 Å². The van der Waals surface area contributed by atoms with Crippen molar-refractivity contribution in [2.24, 2.45) is 5.73 Å². The van der Waals surface area contributed by atoms with Crippen molar-refractivity contribution >= 4 is 5.69 Å². The van der Waals surface area contributed by atoms with E-state index in [-0.39, 0.29) is 0 Å². The summed E-state index contributed by atoms with van der Waals surface area (Å²) < 4.78 is 0. The molecule has 0 spiro atoms. The van der Waals surface area contributed by atoms with Gasteiger partial charge in [0.25, 0.3) is 0 Å². The molecular weight excluding hydrogens is 212 g/mol. The molecular formula is C14H24N2O. The van der Waals surface area contributed by atoms with Crippen LogP contribution in [0.3, 0.4) is 0 Å². The molecule has 3 heteroatoms. The van der Waals surface area contributed by atoms with Gasteiger partial charge in [-0.05, 0) is 51.0 Å². The zero-order chi connectivity index (χ0) is 13.1. The first-order valence-corrected chi connectivity index (χ1v) is 6.14. The van der Waals surface area contributed by atoms with Crippen molar-refractivity contribution in [1.29, 1.82) is 0 Å². The molecule has 0 unspecified atom stereocenters. The Morgan fingerprint density at radius 2 is 2.00 bits per heavy atom. The van der Waals surface area contributed by atoms with Gasteiger partial charge in [-0.25, -0.2) is 0 Å². The second-order valence-electron chi connectivity index (χ2n) is 5.14. The van der Waals surface area contributed by atoms with Crippen LogP contribution in [0.4, 0.5) is 5.69 Å². The maximum atomic E-state index is 9.89. The van der Waals surface area contributed by atoms with E-state index in [1.807, 2.05) is 13.8 Å². The number of hydrogen-bond acceptors (Lipinski definition) is 3. The van der Waals surface area contributed by atoms with E-state index in [1.165, 1.54) is 11.1 Å². The van der Waals surface area contributed by atoms with Crippen molar-refractivity contribution < 1.29 is 5.11 Å². The molecule has 0 fully saturated rings. The van der Waals surface area contributed by atoms with Crippen LogP contribution in [0.2, 0.25) is 0 Å². The third-order valence-electron chi connectivity index (χ3n) is 2.87. The van der Waals surface area contributed by atoms with Gasteiger partial charge >= 0.3 is 0 Å². The van der Waals surface area contributed by atoms with E-state index in [0.29, 0.717) is 13.1 Å². The molecule has 96 valence electrons. The quantitative estimate of drug-likeness (QED) is 0.822. The van der Waals surface area contributed by atoms with Crippen LogP contribution in [0.5, 0.6) is 0 Å². The van der Waals surface area contributed by atoms with Gasteiger partial charge in [0.2, 0.25) is 0 Å². The molecule has 1 aromatic carbocycles. The summed E-state index contributed by atoms with van der Waals surface area (Å²) in [5, 5.41) is 9.89. The van der Waals surface area contributed by atoms with E-state index in [1.54, 1.807) is 0 Å². The predicted octanol–water partition coefficient (Wildman–Crippen LogP) is 2.05. The smallest absolute Gasteiger partial charge is 0.0765 e. The van der Waals surface area contributed by atoms with Gasteiger partial charge in [-0.3, -0.25) is 0 Å². The van der Waals surface area contributed by atoms with E-state index < -0.39 is 5.60 Å². The summed E-state index contributed by atoms with van der Waals surface area (Å²) in [4.78, 5) is 2.17. The van der Waals surface area contributed by atoms with Gasteiger partial charge < -0.3 is 15.7 Å². The maximum Gasteiger partial charge on any atom is 0.0765 e. The van der Waals surface area contributed by atoms with Crippen LogP contribution < -0.4 is 10.6 Å². The molecule has 3 nitrogen and oxygen atoms in total. The zero-order valence-corrected chi connectivity index (χ0v) is 11.3. The Bertz CT molecular complexity index is 369.